The van der Waals surface area contributed by atoms with Crippen LogP contribution in [0.25, 0.3) is 0 Å². The highest BCUT2D eigenvalue weighted by atomic mass is 16.5. The molecular weight excluding hydrogens is 214 g/mol. The van der Waals surface area contributed by atoms with E-state index in [9.17, 15) is 0 Å². The van der Waals surface area contributed by atoms with Gasteiger partial charge in [0.25, 0.3) is 0 Å². The Morgan fingerprint density at radius 3 is 2.53 bits per heavy atom. The predicted octanol–water partition coefficient (Wildman–Crippen LogP) is 2.34. The summed E-state index contributed by atoms with van der Waals surface area (Å²) in [5, 5.41) is 0. The van der Waals surface area contributed by atoms with Gasteiger partial charge >= 0.3 is 0 Å². The van der Waals surface area contributed by atoms with Crippen LogP contribution in [-0.2, 0) is 9.47 Å². The molecule has 0 aromatic heterocycles. The fourth-order valence-electron chi connectivity index (χ4n) is 3.40. The van der Waals surface area contributed by atoms with Crippen molar-refractivity contribution in [1.29, 1.82) is 0 Å². The molecule has 2 unspecified atom stereocenters. The quantitative estimate of drug-likeness (QED) is 0.825. The first-order valence-electron chi connectivity index (χ1n) is 7.06. The molecule has 1 heterocycles. The van der Waals surface area contributed by atoms with Crippen LogP contribution in [0.2, 0.25) is 0 Å². The fraction of sp³-hybridized carbons (Fsp3) is 1.00. The molecule has 3 nitrogen and oxygen atoms in total. The molecule has 2 rings (SSSR count). The zero-order valence-corrected chi connectivity index (χ0v) is 11.3. The van der Waals surface area contributed by atoms with Gasteiger partial charge < -0.3 is 15.2 Å². The topological polar surface area (TPSA) is 44.5 Å². The Morgan fingerprint density at radius 1 is 1.29 bits per heavy atom. The Balaban J connectivity index is 2.00. The van der Waals surface area contributed by atoms with Gasteiger partial charge in [-0.3, -0.25) is 0 Å². The smallest absolute Gasteiger partial charge is 0.0832 e. The Bertz CT molecular complexity index is 230. The van der Waals surface area contributed by atoms with Crippen LogP contribution in [0.4, 0.5) is 0 Å². The number of hydrogen-bond donors (Lipinski definition) is 1. The van der Waals surface area contributed by atoms with Gasteiger partial charge in [0, 0.05) is 25.7 Å². The molecule has 2 N–H and O–H groups in total. The second-order valence-corrected chi connectivity index (χ2v) is 5.95. The maximum atomic E-state index is 6.51. The lowest BCUT2D eigenvalue weighted by Crippen LogP contribution is -2.56. The maximum Gasteiger partial charge on any atom is 0.0832 e. The maximum absolute atomic E-state index is 6.51. The standard InChI is InChI=1S/C14H27NO2/c1-11-5-7-14(16-2,8-6-11)13(15)12-4-3-9-17-10-12/h11-13H,3-10,15H2,1-2H3. The van der Waals surface area contributed by atoms with Gasteiger partial charge in [-0.25, -0.2) is 0 Å². The van der Waals surface area contributed by atoms with Crippen molar-refractivity contribution < 1.29 is 9.47 Å². The van der Waals surface area contributed by atoms with Crippen LogP contribution in [0.5, 0.6) is 0 Å². The average molecular weight is 241 g/mol. The van der Waals surface area contributed by atoms with Gasteiger partial charge in [0.15, 0.2) is 0 Å². The highest BCUT2D eigenvalue weighted by Crippen LogP contribution is 2.39. The van der Waals surface area contributed by atoms with Crippen molar-refractivity contribution in [3.8, 4) is 0 Å². The molecule has 0 amide bonds. The average Bonchev–Trinajstić information content (AvgIpc) is 2.40. The number of rotatable bonds is 3. The monoisotopic (exact) mass is 241 g/mol. The van der Waals surface area contributed by atoms with E-state index in [1.807, 2.05) is 7.11 Å². The van der Waals surface area contributed by atoms with Gasteiger partial charge in [0.1, 0.15) is 0 Å². The van der Waals surface area contributed by atoms with Crippen molar-refractivity contribution in [2.75, 3.05) is 20.3 Å². The summed E-state index contributed by atoms with van der Waals surface area (Å²) in [6, 6.07) is 0.139. The first-order valence-corrected chi connectivity index (χ1v) is 7.06. The molecule has 2 aliphatic rings. The molecule has 0 bridgehead atoms. The van der Waals surface area contributed by atoms with Crippen LogP contribution in [-0.4, -0.2) is 32.0 Å². The van der Waals surface area contributed by atoms with Crippen LogP contribution in [0.15, 0.2) is 0 Å². The first-order chi connectivity index (χ1) is 8.18. The number of nitrogens with two attached hydrogens (primary N) is 1. The summed E-state index contributed by atoms with van der Waals surface area (Å²) in [5.74, 6) is 1.31. The zero-order valence-electron chi connectivity index (χ0n) is 11.3. The van der Waals surface area contributed by atoms with Crippen molar-refractivity contribution in [1.82, 2.24) is 0 Å². The SMILES string of the molecule is COC1(C(N)C2CCCOC2)CCC(C)CC1. The molecule has 0 aromatic rings. The van der Waals surface area contributed by atoms with E-state index in [0.29, 0.717) is 5.92 Å². The molecule has 100 valence electrons. The molecule has 0 spiro atoms. The molecule has 1 aliphatic heterocycles. The van der Waals surface area contributed by atoms with Crippen LogP contribution in [0.1, 0.15) is 45.4 Å². The van der Waals surface area contributed by atoms with E-state index in [1.165, 1.54) is 19.3 Å². The third-order valence-electron chi connectivity index (χ3n) is 4.84. The number of methoxy groups -OCH3 is 1. The minimum Gasteiger partial charge on any atom is -0.381 e. The van der Waals surface area contributed by atoms with Crippen molar-refractivity contribution in [2.24, 2.45) is 17.6 Å². The van der Waals surface area contributed by atoms with E-state index < -0.39 is 0 Å². The second-order valence-electron chi connectivity index (χ2n) is 5.95. The van der Waals surface area contributed by atoms with Crippen molar-refractivity contribution in [3.63, 3.8) is 0 Å². The van der Waals surface area contributed by atoms with Crippen molar-refractivity contribution in [2.45, 2.75) is 57.1 Å². The summed E-state index contributed by atoms with van der Waals surface area (Å²) in [6.07, 6.45) is 7.06. The van der Waals surface area contributed by atoms with Crippen LogP contribution in [0, 0.1) is 11.8 Å². The van der Waals surface area contributed by atoms with E-state index in [-0.39, 0.29) is 11.6 Å². The molecule has 3 heteroatoms. The van der Waals surface area contributed by atoms with Gasteiger partial charge in [-0.2, -0.15) is 0 Å². The molecule has 2 fully saturated rings. The molecule has 1 aliphatic carbocycles. The van der Waals surface area contributed by atoms with E-state index in [2.05, 4.69) is 6.92 Å². The van der Waals surface area contributed by atoms with Gasteiger partial charge in [-0.15, -0.1) is 0 Å². The predicted molar refractivity (Wildman–Crippen MR) is 68.9 cm³/mol. The second kappa shape index (κ2) is 5.68. The molecule has 17 heavy (non-hydrogen) atoms. The number of hydrogen-bond acceptors (Lipinski definition) is 3. The molecule has 0 aromatic carbocycles. The van der Waals surface area contributed by atoms with Crippen LogP contribution < -0.4 is 5.73 Å². The fourth-order valence-corrected chi connectivity index (χ4v) is 3.40. The Morgan fingerprint density at radius 2 is 2.00 bits per heavy atom. The highest BCUT2D eigenvalue weighted by Gasteiger charge is 2.43. The summed E-state index contributed by atoms with van der Waals surface area (Å²) in [6.45, 7) is 4.05. The van der Waals surface area contributed by atoms with Crippen molar-refractivity contribution >= 4 is 0 Å². The lowest BCUT2D eigenvalue weighted by atomic mass is 9.71. The highest BCUT2D eigenvalue weighted by molar-refractivity contribution is 4.98. The Labute approximate surface area is 105 Å². The summed E-state index contributed by atoms with van der Waals surface area (Å²) < 4.78 is 11.4. The summed E-state index contributed by atoms with van der Waals surface area (Å²) in [5.41, 5.74) is 6.42. The Hall–Kier alpha value is -0.120. The molecular formula is C14H27NO2. The molecule has 1 saturated heterocycles. The van der Waals surface area contributed by atoms with E-state index in [4.69, 9.17) is 15.2 Å². The zero-order chi connectivity index (χ0) is 12.3. The van der Waals surface area contributed by atoms with E-state index in [0.717, 1.165) is 38.4 Å². The first kappa shape index (κ1) is 13.3. The number of ether oxygens (including phenoxy) is 2. The van der Waals surface area contributed by atoms with Crippen molar-refractivity contribution in [3.05, 3.63) is 0 Å². The van der Waals surface area contributed by atoms with Crippen LogP contribution >= 0.6 is 0 Å². The van der Waals surface area contributed by atoms with Crippen LogP contribution in [0.3, 0.4) is 0 Å². The normalized spacial score (nSPS) is 41.1. The molecule has 2 atom stereocenters. The summed E-state index contributed by atoms with van der Waals surface area (Å²) in [4.78, 5) is 0. The lowest BCUT2D eigenvalue weighted by Gasteiger charge is -2.46. The van der Waals surface area contributed by atoms with Gasteiger partial charge in [-0.05, 0) is 44.4 Å². The van der Waals surface area contributed by atoms with E-state index in [1.54, 1.807) is 0 Å². The van der Waals surface area contributed by atoms with Gasteiger partial charge in [0.2, 0.25) is 0 Å². The molecule has 1 saturated carbocycles. The van der Waals surface area contributed by atoms with E-state index >= 15 is 0 Å². The molecule has 0 radical (unpaired) electrons. The third kappa shape index (κ3) is 2.83. The lowest BCUT2D eigenvalue weighted by molar-refractivity contribution is -0.0938. The van der Waals surface area contributed by atoms with Gasteiger partial charge in [-0.1, -0.05) is 6.92 Å². The Kier molecular flexibility index (Phi) is 4.45. The minimum atomic E-state index is -0.0854. The van der Waals surface area contributed by atoms with Gasteiger partial charge in [0.05, 0.1) is 12.2 Å². The third-order valence-corrected chi connectivity index (χ3v) is 4.84. The minimum absolute atomic E-state index is 0.0854. The largest absolute Gasteiger partial charge is 0.381 e. The summed E-state index contributed by atoms with van der Waals surface area (Å²) >= 11 is 0. The summed E-state index contributed by atoms with van der Waals surface area (Å²) in [7, 11) is 1.83.